The Bertz CT molecular complexity index is 1210. The van der Waals surface area contributed by atoms with Gasteiger partial charge in [-0.1, -0.05) is 26.0 Å². The maximum Gasteiger partial charge on any atom is 0.416 e. The number of ether oxygens (including phenoxy) is 2. The lowest BCUT2D eigenvalue weighted by Crippen LogP contribution is -2.22. The Morgan fingerprint density at radius 2 is 1.39 bits per heavy atom. The lowest BCUT2D eigenvalue weighted by molar-refractivity contribution is -0.143. The summed E-state index contributed by atoms with van der Waals surface area (Å²) in [6.45, 7) is 3.18. The Hall–Kier alpha value is -2.90. The first kappa shape index (κ1) is 21.3. The van der Waals surface area contributed by atoms with E-state index in [1.165, 1.54) is 14.2 Å². The van der Waals surface area contributed by atoms with Crippen molar-refractivity contribution < 1.29 is 35.8 Å². The molecule has 3 aromatic carbocycles. The van der Waals surface area contributed by atoms with E-state index in [0.29, 0.717) is 33.4 Å². The van der Waals surface area contributed by atoms with Crippen molar-refractivity contribution in [1.29, 1.82) is 0 Å². The summed E-state index contributed by atoms with van der Waals surface area (Å²) in [5.41, 5.74) is -3.12. The third-order valence-electron chi connectivity index (χ3n) is 5.86. The average molecular weight is 440 g/mol. The molecule has 0 saturated heterocycles. The van der Waals surface area contributed by atoms with Gasteiger partial charge in [0.1, 0.15) is 0 Å². The van der Waals surface area contributed by atoms with E-state index in [4.69, 9.17) is 9.47 Å². The van der Waals surface area contributed by atoms with Crippen molar-refractivity contribution in [3.63, 3.8) is 0 Å². The van der Waals surface area contributed by atoms with Gasteiger partial charge in [0.15, 0.2) is 11.5 Å². The fourth-order valence-electron chi connectivity index (χ4n) is 4.50. The van der Waals surface area contributed by atoms with E-state index in [1.54, 1.807) is 38.1 Å². The second-order valence-corrected chi connectivity index (χ2v) is 7.98. The first-order valence-corrected chi connectivity index (χ1v) is 9.33. The summed E-state index contributed by atoms with van der Waals surface area (Å²) >= 11 is 0. The zero-order chi connectivity index (χ0) is 22.9. The van der Waals surface area contributed by atoms with Crippen LogP contribution >= 0.6 is 0 Å². The predicted octanol–water partition coefficient (Wildman–Crippen LogP) is 7.20. The van der Waals surface area contributed by atoms with Gasteiger partial charge in [0.05, 0.1) is 25.3 Å². The summed E-state index contributed by atoms with van der Waals surface area (Å²) in [4.78, 5) is 0. The SMILES string of the molecule is COc1cc2ccc3c(c2cc1OC)-c1cc(C(F)(F)F)cc(C(F)(F)F)c1C3(C)C. The van der Waals surface area contributed by atoms with Crippen LogP contribution in [0.2, 0.25) is 0 Å². The molecule has 0 aliphatic heterocycles. The van der Waals surface area contributed by atoms with Crippen molar-refractivity contribution in [3.8, 4) is 22.6 Å². The number of fused-ring (bicyclic) bond motifs is 5. The second kappa shape index (κ2) is 6.55. The molecule has 1 aliphatic carbocycles. The average Bonchev–Trinajstić information content (AvgIpc) is 2.92. The molecular weight excluding hydrogens is 422 g/mol. The fourth-order valence-corrected chi connectivity index (χ4v) is 4.50. The number of benzene rings is 3. The van der Waals surface area contributed by atoms with Crippen LogP contribution in [0.25, 0.3) is 21.9 Å². The van der Waals surface area contributed by atoms with E-state index in [2.05, 4.69) is 0 Å². The molecule has 0 radical (unpaired) electrons. The van der Waals surface area contributed by atoms with Gasteiger partial charge in [-0.2, -0.15) is 26.3 Å². The molecule has 3 aromatic rings. The summed E-state index contributed by atoms with van der Waals surface area (Å²) in [6, 6.07) is 7.65. The smallest absolute Gasteiger partial charge is 0.416 e. The Balaban J connectivity index is 2.18. The van der Waals surface area contributed by atoms with E-state index >= 15 is 0 Å². The summed E-state index contributed by atoms with van der Waals surface area (Å²) in [5.74, 6) is 0.741. The van der Waals surface area contributed by atoms with Crippen LogP contribution in [0, 0.1) is 0 Å². The molecule has 8 heteroatoms. The molecule has 0 heterocycles. The number of hydrogen-bond donors (Lipinski definition) is 0. The molecule has 31 heavy (non-hydrogen) atoms. The van der Waals surface area contributed by atoms with Crippen LogP contribution in [0.1, 0.15) is 36.1 Å². The van der Waals surface area contributed by atoms with Crippen LogP contribution in [0.5, 0.6) is 11.5 Å². The van der Waals surface area contributed by atoms with E-state index < -0.39 is 28.9 Å². The van der Waals surface area contributed by atoms with Crippen LogP contribution in [0.3, 0.4) is 0 Å². The number of halogens is 6. The molecular formula is C23H18F6O2. The topological polar surface area (TPSA) is 18.5 Å². The van der Waals surface area contributed by atoms with Gasteiger partial charge in [0.2, 0.25) is 0 Å². The summed E-state index contributed by atoms with van der Waals surface area (Å²) in [6.07, 6.45) is -9.87. The van der Waals surface area contributed by atoms with Gasteiger partial charge in [0, 0.05) is 5.41 Å². The van der Waals surface area contributed by atoms with Crippen molar-refractivity contribution in [2.75, 3.05) is 14.2 Å². The number of alkyl halides is 6. The van der Waals surface area contributed by atoms with Gasteiger partial charge < -0.3 is 9.47 Å². The van der Waals surface area contributed by atoms with Crippen LogP contribution in [-0.2, 0) is 17.8 Å². The Morgan fingerprint density at radius 3 is 1.94 bits per heavy atom. The van der Waals surface area contributed by atoms with Crippen LogP contribution in [0.15, 0.2) is 36.4 Å². The molecule has 4 rings (SSSR count). The van der Waals surface area contributed by atoms with Crippen LogP contribution < -0.4 is 9.47 Å². The third-order valence-corrected chi connectivity index (χ3v) is 5.86. The Morgan fingerprint density at radius 1 is 0.774 bits per heavy atom. The molecule has 0 bridgehead atoms. The fraction of sp³-hybridized carbons (Fsp3) is 0.304. The molecule has 0 N–H and O–H groups in total. The number of hydrogen-bond acceptors (Lipinski definition) is 2. The van der Waals surface area contributed by atoms with Gasteiger partial charge >= 0.3 is 12.4 Å². The minimum absolute atomic E-state index is 0.0695. The standard InChI is InChI=1S/C23H18F6O2/c1-21(2)15-6-5-11-7-17(30-3)18(31-4)10-13(11)19(15)14-8-12(22(24,25)26)9-16(20(14)21)23(27,28)29/h5-10H,1-4H3. The minimum atomic E-state index is -4.94. The number of methoxy groups -OCH3 is 2. The largest absolute Gasteiger partial charge is 0.493 e. The highest BCUT2D eigenvalue weighted by Crippen LogP contribution is 2.56. The Labute approximate surface area is 174 Å². The van der Waals surface area contributed by atoms with Crippen LogP contribution in [-0.4, -0.2) is 14.2 Å². The van der Waals surface area contributed by atoms with Gasteiger partial charge in [-0.05, 0) is 57.3 Å². The highest BCUT2D eigenvalue weighted by Gasteiger charge is 2.47. The zero-order valence-electron chi connectivity index (χ0n) is 17.0. The first-order valence-electron chi connectivity index (χ1n) is 9.33. The first-order chi connectivity index (χ1) is 14.3. The quantitative estimate of drug-likeness (QED) is 0.392. The summed E-state index contributed by atoms with van der Waals surface area (Å²) < 4.78 is 92.9. The van der Waals surface area contributed by atoms with Gasteiger partial charge in [-0.15, -0.1) is 0 Å². The van der Waals surface area contributed by atoms with Gasteiger partial charge in [0.25, 0.3) is 0 Å². The second-order valence-electron chi connectivity index (χ2n) is 7.98. The summed E-state index contributed by atoms with van der Waals surface area (Å²) in [7, 11) is 2.86. The minimum Gasteiger partial charge on any atom is -0.493 e. The molecule has 0 aromatic heterocycles. The van der Waals surface area contributed by atoms with Crippen molar-refractivity contribution in [1.82, 2.24) is 0 Å². The highest BCUT2D eigenvalue weighted by molar-refractivity contribution is 6.04. The molecule has 164 valence electrons. The molecule has 1 aliphatic rings. The molecule has 0 saturated carbocycles. The predicted molar refractivity (Wildman–Crippen MR) is 105 cm³/mol. The van der Waals surface area contributed by atoms with Crippen LogP contribution in [0.4, 0.5) is 26.3 Å². The molecule has 2 nitrogen and oxygen atoms in total. The van der Waals surface area contributed by atoms with Crippen molar-refractivity contribution in [2.24, 2.45) is 0 Å². The van der Waals surface area contributed by atoms with Gasteiger partial charge in [-0.25, -0.2) is 0 Å². The lowest BCUT2D eigenvalue weighted by atomic mass is 9.79. The third kappa shape index (κ3) is 3.11. The van der Waals surface area contributed by atoms with Crippen molar-refractivity contribution in [2.45, 2.75) is 31.6 Å². The molecule has 0 spiro atoms. The highest BCUT2D eigenvalue weighted by atomic mass is 19.4. The molecule has 0 fully saturated rings. The molecule has 0 unspecified atom stereocenters. The molecule has 0 atom stereocenters. The molecule has 0 amide bonds. The lowest BCUT2D eigenvalue weighted by Gasteiger charge is -2.26. The van der Waals surface area contributed by atoms with Gasteiger partial charge in [-0.3, -0.25) is 0 Å². The monoisotopic (exact) mass is 440 g/mol. The zero-order valence-corrected chi connectivity index (χ0v) is 17.0. The van der Waals surface area contributed by atoms with E-state index in [0.717, 1.165) is 6.07 Å². The normalized spacial score (nSPS) is 15.0. The summed E-state index contributed by atoms with van der Waals surface area (Å²) in [5, 5.41) is 1.11. The Kier molecular flexibility index (Phi) is 4.51. The maximum atomic E-state index is 13.9. The van der Waals surface area contributed by atoms with E-state index in [-0.39, 0.29) is 17.2 Å². The van der Waals surface area contributed by atoms with Crippen molar-refractivity contribution >= 4 is 10.8 Å². The maximum absolute atomic E-state index is 13.9. The number of rotatable bonds is 2. The van der Waals surface area contributed by atoms with E-state index in [1.807, 2.05) is 0 Å². The van der Waals surface area contributed by atoms with E-state index in [9.17, 15) is 26.3 Å². The van der Waals surface area contributed by atoms with Crippen molar-refractivity contribution in [3.05, 3.63) is 58.7 Å².